The minimum atomic E-state index is -0.928. The second-order valence-electron chi connectivity index (χ2n) is 5.11. The summed E-state index contributed by atoms with van der Waals surface area (Å²) in [4.78, 5) is 1.87. The van der Waals surface area contributed by atoms with Gasteiger partial charge in [-0.2, -0.15) is 0 Å². The third-order valence-electron chi connectivity index (χ3n) is 4.05. The molecule has 96 valence electrons. The second kappa shape index (κ2) is 4.16. The Morgan fingerprint density at radius 1 is 1.28 bits per heavy atom. The molecular formula is C13H14F2N2S. The number of piperidine rings is 1. The monoisotopic (exact) mass is 268 g/mol. The van der Waals surface area contributed by atoms with Crippen molar-refractivity contribution in [3.63, 3.8) is 0 Å². The molecule has 1 heterocycles. The van der Waals surface area contributed by atoms with E-state index >= 15 is 0 Å². The number of fused-ring (bicyclic) bond motifs is 2. The molecule has 2 fully saturated rings. The van der Waals surface area contributed by atoms with Gasteiger partial charge < -0.3 is 10.6 Å². The standard InChI is InChI=1S/C13H14F2N2S/c14-11-9(13(16)18)3-4-10(12(11)15)17-6-7-1-2-8(17)5-7/h3-4,7-8H,1-2,5-6H2,(H2,16,18). The van der Waals surface area contributed by atoms with Crippen molar-refractivity contribution < 1.29 is 8.78 Å². The molecule has 0 radical (unpaired) electrons. The molecule has 2 bridgehead atoms. The van der Waals surface area contributed by atoms with Gasteiger partial charge in [-0.25, -0.2) is 8.78 Å². The summed E-state index contributed by atoms with van der Waals surface area (Å²) in [5.41, 5.74) is 5.69. The summed E-state index contributed by atoms with van der Waals surface area (Å²) in [5.74, 6) is -1.12. The van der Waals surface area contributed by atoms with Crippen molar-refractivity contribution in [2.75, 3.05) is 11.4 Å². The van der Waals surface area contributed by atoms with Gasteiger partial charge in [0.1, 0.15) is 4.99 Å². The molecule has 2 aliphatic rings. The van der Waals surface area contributed by atoms with Crippen LogP contribution in [0.1, 0.15) is 24.8 Å². The molecule has 0 amide bonds. The van der Waals surface area contributed by atoms with Gasteiger partial charge in [0.05, 0.1) is 5.69 Å². The third kappa shape index (κ3) is 1.68. The molecule has 2 atom stereocenters. The highest BCUT2D eigenvalue weighted by Crippen LogP contribution is 2.41. The van der Waals surface area contributed by atoms with Crippen LogP contribution in [0.15, 0.2) is 12.1 Å². The number of rotatable bonds is 2. The van der Waals surface area contributed by atoms with Crippen molar-refractivity contribution in [2.24, 2.45) is 11.7 Å². The minimum absolute atomic E-state index is 0.0180. The molecule has 18 heavy (non-hydrogen) atoms. The molecule has 2 unspecified atom stereocenters. The first-order valence-corrected chi connectivity index (χ1v) is 6.53. The zero-order chi connectivity index (χ0) is 12.9. The molecule has 0 spiro atoms. The molecule has 0 aromatic heterocycles. The van der Waals surface area contributed by atoms with Gasteiger partial charge >= 0.3 is 0 Å². The summed E-state index contributed by atoms with van der Waals surface area (Å²) in [7, 11) is 0. The summed E-state index contributed by atoms with van der Waals surface area (Å²) in [6, 6.07) is 3.43. The van der Waals surface area contributed by atoms with Gasteiger partial charge in [-0.3, -0.25) is 0 Å². The van der Waals surface area contributed by atoms with Gasteiger partial charge in [-0.05, 0) is 37.3 Å². The van der Waals surface area contributed by atoms with Gasteiger partial charge in [0.2, 0.25) is 0 Å². The van der Waals surface area contributed by atoms with Crippen LogP contribution in [0.25, 0.3) is 0 Å². The van der Waals surface area contributed by atoms with Gasteiger partial charge in [0.25, 0.3) is 0 Å². The Balaban J connectivity index is 1.99. The first-order chi connectivity index (χ1) is 8.58. The van der Waals surface area contributed by atoms with Crippen molar-refractivity contribution in [3.8, 4) is 0 Å². The summed E-state index contributed by atoms with van der Waals surface area (Å²) in [6.07, 6.45) is 3.37. The molecule has 1 aliphatic carbocycles. The maximum atomic E-state index is 14.1. The normalized spacial score (nSPS) is 25.8. The van der Waals surface area contributed by atoms with E-state index in [1.165, 1.54) is 12.5 Å². The van der Waals surface area contributed by atoms with Crippen LogP contribution >= 0.6 is 12.2 Å². The van der Waals surface area contributed by atoms with Crippen LogP contribution in [0.3, 0.4) is 0 Å². The second-order valence-corrected chi connectivity index (χ2v) is 5.55. The highest BCUT2D eigenvalue weighted by atomic mass is 32.1. The molecule has 1 saturated carbocycles. The molecule has 2 N–H and O–H groups in total. The first-order valence-electron chi connectivity index (χ1n) is 6.12. The van der Waals surface area contributed by atoms with Crippen LogP contribution < -0.4 is 10.6 Å². The van der Waals surface area contributed by atoms with Crippen LogP contribution in [0.4, 0.5) is 14.5 Å². The first kappa shape index (κ1) is 11.8. The van der Waals surface area contributed by atoms with E-state index in [1.807, 2.05) is 4.90 Å². The Hall–Kier alpha value is -1.23. The molecule has 1 aromatic carbocycles. The van der Waals surface area contributed by atoms with E-state index in [1.54, 1.807) is 6.07 Å². The zero-order valence-electron chi connectivity index (χ0n) is 9.83. The summed E-state index contributed by atoms with van der Waals surface area (Å²) in [5, 5.41) is 0. The van der Waals surface area contributed by atoms with Gasteiger partial charge in [-0.15, -0.1) is 0 Å². The predicted octanol–water partition coefficient (Wildman–Crippen LogP) is 2.59. The molecule has 1 aromatic rings. The number of hydrogen-bond acceptors (Lipinski definition) is 2. The number of nitrogens with zero attached hydrogens (tertiary/aromatic N) is 1. The lowest BCUT2D eigenvalue weighted by atomic mass is 10.1. The van der Waals surface area contributed by atoms with Gasteiger partial charge in [0, 0.05) is 18.2 Å². The van der Waals surface area contributed by atoms with Gasteiger partial charge in [0.15, 0.2) is 11.6 Å². The fourth-order valence-electron chi connectivity index (χ4n) is 3.17. The maximum absolute atomic E-state index is 14.1. The van der Waals surface area contributed by atoms with Crippen molar-refractivity contribution >= 4 is 22.9 Å². The largest absolute Gasteiger partial charge is 0.389 e. The molecule has 1 saturated heterocycles. The van der Waals surface area contributed by atoms with E-state index in [0.717, 1.165) is 19.4 Å². The van der Waals surface area contributed by atoms with E-state index in [2.05, 4.69) is 0 Å². The number of anilines is 1. The zero-order valence-corrected chi connectivity index (χ0v) is 10.6. The van der Waals surface area contributed by atoms with Crippen molar-refractivity contribution in [3.05, 3.63) is 29.3 Å². The van der Waals surface area contributed by atoms with E-state index in [-0.39, 0.29) is 10.6 Å². The Morgan fingerprint density at radius 3 is 2.61 bits per heavy atom. The average Bonchev–Trinajstić information content (AvgIpc) is 2.94. The van der Waals surface area contributed by atoms with Crippen LogP contribution in [0.2, 0.25) is 0 Å². The van der Waals surface area contributed by atoms with Crippen molar-refractivity contribution in [2.45, 2.75) is 25.3 Å². The van der Waals surface area contributed by atoms with E-state index in [9.17, 15) is 8.78 Å². The minimum Gasteiger partial charge on any atom is -0.389 e. The third-order valence-corrected chi connectivity index (χ3v) is 4.27. The lowest BCUT2D eigenvalue weighted by molar-refractivity contribution is 0.493. The van der Waals surface area contributed by atoms with E-state index in [4.69, 9.17) is 18.0 Å². The fourth-order valence-corrected chi connectivity index (χ4v) is 3.33. The SMILES string of the molecule is NC(=S)c1ccc(N2CC3CCC2C3)c(F)c1F. The predicted molar refractivity (Wildman–Crippen MR) is 70.7 cm³/mol. The number of halogens is 2. The Morgan fingerprint density at radius 2 is 2.06 bits per heavy atom. The topological polar surface area (TPSA) is 29.3 Å². The van der Waals surface area contributed by atoms with Crippen LogP contribution in [0, 0.1) is 17.6 Å². The molecule has 1 aliphatic heterocycles. The Bertz CT molecular complexity index is 518. The number of thiocarbonyl (C=S) groups is 1. The number of benzene rings is 1. The van der Waals surface area contributed by atoms with Crippen molar-refractivity contribution in [1.29, 1.82) is 0 Å². The molecule has 3 rings (SSSR count). The Labute approximate surface area is 110 Å². The van der Waals surface area contributed by atoms with Crippen LogP contribution in [-0.4, -0.2) is 17.6 Å². The highest BCUT2D eigenvalue weighted by molar-refractivity contribution is 7.80. The van der Waals surface area contributed by atoms with E-state index in [0.29, 0.717) is 17.6 Å². The summed E-state index contributed by atoms with van der Waals surface area (Å²) >= 11 is 4.70. The lowest BCUT2D eigenvalue weighted by Gasteiger charge is -2.29. The summed E-state index contributed by atoms with van der Waals surface area (Å²) in [6.45, 7) is 0.827. The smallest absolute Gasteiger partial charge is 0.182 e. The maximum Gasteiger partial charge on any atom is 0.182 e. The summed E-state index contributed by atoms with van der Waals surface area (Å²) < 4.78 is 27.9. The molecule has 5 heteroatoms. The highest BCUT2D eigenvalue weighted by Gasteiger charge is 2.39. The molecule has 2 nitrogen and oxygen atoms in total. The average molecular weight is 268 g/mol. The Kier molecular flexibility index (Phi) is 2.73. The lowest BCUT2D eigenvalue weighted by Crippen LogP contribution is -2.33. The van der Waals surface area contributed by atoms with E-state index < -0.39 is 11.6 Å². The number of hydrogen-bond donors (Lipinski definition) is 1. The quantitative estimate of drug-likeness (QED) is 0.836. The van der Waals surface area contributed by atoms with Crippen molar-refractivity contribution in [1.82, 2.24) is 0 Å². The van der Waals surface area contributed by atoms with Crippen LogP contribution in [-0.2, 0) is 0 Å². The number of nitrogens with two attached hydrogens (primary N) is 1. The molecular weight excluding hydrogens is 254 g/mol. The van der Waals surface area contributed by atoms with Crippen LogP contribution in [0.5, 0.6) is 0 Å². The van der Waals surface area contributed by atoms with Gasteiger partial charge in [-0.1, -0.05) is 12.2 Å². The fraction of sp³-hybridized carbons (Fsp3) is 0.462.